The topological polar surface area (TPSA) is 36.2 Å². The van der Waals surface area contributed by atoms with Crippen molar-refractivity contribution in [3.63, 3.8) is 0 Å². The van der Waals surface area contributed by atoms with Gasteiger partial charge in [-0.05, 0) is 5.75 Å². The number of nitrogens with one attached hydrogen (secondary N) is 1. The first-order chi connectivity index (χ1) is 6.33. The molecule has 1 aliphatic rings. The fourth-order valence-electron chi connectivity index (χ4n) is 1.34. The Morgan fingerprint density at radius 3 is 2.69 bits per heavy atom. The van der Waals surface area contributed by atoms with E-state index in [1.807, 2.05) is 24.3 Å². The molecule has 0 saturated heterocycles. The van der Waals surface area contributed by atoms with Crippen LogP contribution in [0.5, 0.6) is 0 Å². The summed E-state index contributed by atoms with van der Waals surface area (Å²) in [5, 5.41) is 8.63. The third-order valence-electron chi connectivity index (χ3n) is 1.91. The minimum absolute atomic E-state index is 0.395. The first-order valence-corrected chi connectivity index (χ1v) is 5.21. The summed E-state index contributed by atoms with van der Waals surface area (Å²) < 4.78 is 0. The van der Waals surface area contributed by atoms with Gasteiger partial charge >= 0.3 is 0 Å². The Morgan fingerprint density at radius 2 is 2.00 bits per heavy atom. The molecule has 0 bridgehead atoms. The minimum atomic E-state index is 0.395. The highest BCUT2D eigenvalue weighted by atomic mass is 32.2. The van der Waals surface area contributed by atoms with Crippen molar-refractivity contribution in [2.75, 3.05) is 5.75 Å². The van der Waals surface area contributed by atoms with Gasteiger partial charge in [0.05, 0.1) is 0 Å². The summed E-state index contributed by atoms with van der Waals surface area (Å²) >= 11 is 1.69. The maximum atomic E-state index is 7.64. The van der Waals surface area contributed by atoms with E-state index in [2.05, 4.69) is 11.9 Å². The highest BCUT2D eigenvalue weighted by molar-refractivity contribution is 8.14. The summed E-state index contributed by atoms with van der Waals surface area (Å²) in [7, 11) is 0. The quantitative estimate of drug-likeness (QED) is 0.725. The second-order valence-electron chi connectivity index (χ2n) is 2.74. The van der Waals surface area contributed by atoms with Crippen LogP contribution in [-0.4, -0.2) is 16.6 Å². The molecule has 0 fully saturated rings. The summed E-state index contributed by atoms with van der Waals surface area (Å²) in [5.41, 5.74) is 2.07. The molecule has 13 heavy (non-hydrogen) atoms. The molecule has 0 unspecified atom stereocenters. The Bertz CT molecular complexity index is 382. The van der Waals surface area contributed by atoms with Crippen LogP contribution < -0.4 is 0 Å². The molecular formula is C10H10N2S. The van der Waals surface area contributed by atoms with E-state index in [4.69, 9.17) is 5.41 Å². The van der Waals surface area contributed by atoms with Gasteiger partial charge in [0.2, 0.25) is 0 Å². The van der Waals surface area contributed by atoms with Crippen molar-refractivity contribution in [3.8, 4) is 0 Å². The number of thioether (sulfide) groups is 1. The molecule has 2 nitrogen and oxygen atoms in total. The largest absolute Gasteiger partial charge is 0.282 e. The highest BCUT2D eigenvalue weighted by Gasteiger charge is 2.18. The fourth-order valence-corrected chi connectivity index (χ4v) is 2.11. The van der Waals surface area contributed by atoms with E-state index < -0.39 is 0 Å². The first kappa shape index (κ1) is 8.51. The first-order valence-electron chi connectivity index (χ1n) is 4.22. The van der Waals surface area contributed by atoms with Crippen LogP contribution in [0.2, 0.25) is 0 Å². The van der Waals surface area contributed by atoms with Gasteiger partial charge < -0.3 is 0 Å². The maximum absolute atomic E-state index is 7.64. The Labute approximate surface area is 81.6 Å². The Kier molecular flexibility index (Phi) is 2.19. The maximum Gasteiger partial charge on any atom is 0.153 e. The van der Waals surface area contributed by atoms with Crippen LogP contribution in [0.1, 0.15) is 18.1 Å². The minimum Gasteiger partial charge on any atom is -0.282 e. The van der Waals surface area contributed by atoms with E-state index >= 15 is 0 Å². The van der Waals surface area contributed by atoms with Crippen LogP contribution in [0.3, 0.4) is 0 Å². The number of hydrogen-bond acceptors (Lipinski definition) is 2. The van der Waals surface area contributed by atoms with Gasteiger partial charge in [-0.25, -0.2) is 4.99 Å². The Hall–Kier alpha value is -1.09. The molecule has 0 amide bonds. The van der Waals surface area contributed by atoms with Crippen molar-refractivity contribution in [1.29, 1.82) is 5.41 Å². The third-order valence-corrected chi connectivity index (χ3v) is 2.78. The average Bonchev–Trinajstić information content (AvgIpc) is 2.46. The Balaban J connectivity index is 2.45. The lowest BCUT2D eigenvalue weighted by Crippen LogP contribution is -1.93. The highest BCUT2D eigenvalue weighted by Crippen LogP contribution is 2.24. The Morgan fingerprint density at radius 1 is 1.31 bits per heavy atom. The number of amidine groups is 1. The standard InChI is InChI=1S/C10H10N2S/c1-2-13-10-8-6-4-3-5-7(8)9(11)12-10/h3-6,11H,2H2,1H3. The number of hydrogen-bond donors (Lipinski definition) is 1. The predicted molar refractivity (Wildman–Crippen MR) is 57.9 cm³/mol. The van der Waals surface area contributed by atoms with Crippen molar-refractivity contribution in [1.82, 2.24) is 0 Å². The van der Waals surface area contributed by atoms with E-state index in [0.29, 0.717) is 5.84 Å². The van der Waals surface area contributed by atoms with Gasteiger partial charge in [0.15, 0.2) is 5.84 Å². The summed E-state index contributed by atoms with van der Waals surface area (Å²) in [6, 6.07) is 7.91. The van der Waals surface area contributed by atoms with E-state index in [0.717, 1.165) is 21.9 Å². The molecule has 66 valence electrons. The molecule has 1 aromatic rings. The molecule has 0 aliphatic carbocycles. The van der Waals surface area contributed by atoms with Crippen LogP contribution in [0, 0.1) is 5.41 Å². The second-order valence-corrected chi connectivity index (χ2v) is 4.00. The van der Waals surface area contributed by atoms with Crippen molar-refractivity contribution < 1.29 is 0 Å². The lowest BCUT2D eigenvalue weighted by Gasteiger charge is -1.98. The second kappa shape index (κ2) is 3.34. The lowest BCUT2D eigenvalue weighted by atomic mass is 10.1. The molecule has 0 aromatic heterocycles. The molecular weight excluding hydrogens is 180 g/mol. The van der Waals surface area contributed by atoms with Gasteiger partial charge in [0.1, 0.15) is 5.04 Å². The van der Waals surface area contributed by atoms with Crippen molar-refractivity contribution in [2.45, 2.75) is 6.92 Å². The summed E-state index contributed by atoms with van der Waals surface area (Å²) in [4.78, 5) is 4.21. The molecule has 1 aliphatic heterocycles. The summed E-state index contributed by atoms with van der Waals surface area (Å²) in [5.74, 6) is 1.40. The molecule has 0 saturated carbocycles. The van der Waals surface area contributed by atoms with E-state index in [1.54, 1.807) is 11.8 Å². The van der Waals surface area contributed by atoms with Crippen LogP contribution in [-0.2, 0) is 0 Å². The zero-order valence-corrected chi connectivity index (χ0v) is 8.19. The van der Waals surface area contributed by atoms with E-state index in [-0.39, 0.29) is 0 Å². The predicted octanol–water partition coefficient (Wildman–Crippen LogP) is 2.53. The van der Waals surface area contributed by atoms with E-state index in [1.165, 1.54) is 0 Å². The van der Waals surface area contributed by atoms with Crippen molar-refractivity contribution >= 4 is 22.6 Å². The van der Waals surface area contributed by atoms with Gasteiger partial charge in [-0.1, -0.05) is 31.2 Å². The zero-order valence-electron chi connectivity index (χ0n) is 7.37. The number of rotatable bonds is 1. The molecule has 0 spiro atoms. The molecule has 0 radical (unpaired) electrons. The number of aliphatic imine (C=N–C) groups is 1. The molecule has 2 rings (SSSR count). The normalized spacial score (nSPS) is 14.2. The van der Waals surface area contributed by atoms with Crippen LogP contribution in [0.15, 0.2) is 29.3 Å². The summed E-state index contributed by atoms with van der Waals surface area (Å²) in [6.45, 7) is 2.09. The summed E-state index contributed by atoms with van der Waals surface area (Å²) in [6.07, 6.45) is 0. The molecule has 1 N–H and O–H groups in total. The van der Waals surface area contributed by atoms with Gasteiger partial charge in [-0.2, -0.15) is 0 Å². The monoisotopic (exact) mass is 190 g/mol. The lowest BCUT2D eigenvalue weighted by molar-refractivity contribution is 1.45. The zero-order chi connectivity index (χ0) is 9.26. The number of benzene rings is 1. The number of nitrogens with zero attached hydrogens (tertiary/aromatic N) is 1. The van der Waals surface area contributed by atoms with Gasteiger partial charge in [0.25, 0.3) is 0 Å². The molecule has 3 heteroatoms. The molecule has 0 atom stereocenters. The average molecular weight is 190 g/mol. The van der Waals surface area contributed by atoms with Crippen molar-refractivity contribution in [2.24, 2.45) is 4.99 Å². The van der Waals surface area contributed by atoms with E-state index in [9.17, 15) is 0 Å². The SMILES string of the molecule is CCSC1=NC(=N)c2ccccc21. The van der Waals surface area contributed by atoms with Gasteiger partial charge in [-0.15, -0.1) is 11.8 Å². The number of fused-ring (bicyclic) bond motifs is 1. The van der Waals surface area contributed by atoms with Crippen molar-refractivity contribution in [3.05, 3.63) is 35.4 Å². The van der Waals surface area contributed by atoms with Crippen LogP contribution in [0.4, 0.5) is 0 Å². The molecule has 1 heterocycles. The van der Waals surface area contributed by atoms with Crippen LogP contribution >= 0.6 is 11.8 Å². The third kappa shape index (κ3) is 1.40. The molecule has 1 aromatic carbocycles. The smallest absolute Gasteiger partial charge is 0.153 e. The van der Waals surface area contributed by atoms with Gasteiger partial charge in [-0.3, -0.25) is 5.41 Å². The van der Waals surface area contributed by atoms with Crippen LogP contribution in [0.25, 0.3) is 0 Å². The fraction of sp³-hybridized carbons (Fsp3) is 0.200. The van der Waals surface area contributed by atoms with Gasteiger partial charge in [0, 0.05) is 11.1 Å².